The molecule has 0 aliphatic heterocycles. The van der Waals surface area contributed by atoms with E-state index in [0.717, 1.165) is 10.2 Å². The number of rotatable bonds is 2. The summed E-state index contributed by atoms with van der Waals surface area (Å²) >= 11 is 9.22. The maximum atomic E-state index is 5.84. The smallest absolute Gasteiger partial charge is 0.233 e. The molecule has 0 N–H and O–H groups in total. The maximum Gasteiger partial charge on any atom is 0.233 e. The highest BCUT2D eigenvalue weighted by Crippen LogP contribution is 2.30. The zero-order valence-electron chi connectivity index (χ0n) is 11.1. The van der Waals surface area contributed by atoms with Crippen LogP contribution in [0.15, 0.2) is 41.0 Å². The minimum absolute atomic E-state index is 0.137. The number of aromatic nitrogens is 1. The van der Waals surface area contributed by atoms with E-state index in [1.54, 1.807) is 12.3 Å². The van der Waals surface area contributed by atoms with Crippen LogP contribution in [0.5, 0.6) is 11.6 Å². The number of benzene rings is 1. The molecule has 0 fully saturated rings. The minimum atomic E-state index is 0.137. The molecule has 0 atom stereocenters. The second kappa shape index (κ2) is 5.51. The predicted molar refractivity (Wildman–Crippen MR) is 82.2 cm³/mol. The molecule has 2 aromatic rings. The molecule has 0 saturated heterocycles. The third-order valence-electron chi connectivity index (χ3n) is 2.71. The fraction of sp³-hybridized carbons (Fsp3) is 0.267. The maximum absolute atomic E-state index is 5.84. The standard InChI is InChI=1S/C15H15BrClNO/c1-15(2,3)10-4-6-12(7-5-10)19-14-13(16)8-11(17)9-18-14/h4-9H,1-3H3. The normalized spacial score (nSPS) is 11.4. The summed E-state index contributed by atoms with van der Waals surface area (Å²) in [5, 5.41) is 0.572. The van der Waals surface area contributed by atoms with Crippen molar-refractivity contribution in [3.8, 4) is 11.6 Å². The number of hydrogen-bond acceptors (Lipinski definition) is 2. The third-order valence-corrected chi connectivity index (χ3v) is 3.48. The lowest BCUT2D eigenvalue weighted by atomic mass is 9.87. The average Bonchev–Trinajstić information content (AvgIpc) is 2.32. The number of halogens is 2. The van der Waals surface area contributed by atoms with Gasteiger partial charge in [0.05, 0.1) is 9.50 Å². The minimum Gasteiger partial charge on any atom is -0.438 e. The zero-order valence-corrected chi connectivity index (χ0v) is 13.4. The summed E-state index contributed by atoms with van der Waals surface area (Å²) in [6.45, 7) is 6.54. The molecule has 19 heavy (non-hydrogen) atoms. The highest BCUT2D eigenvalue weighted by molar-refractivity contribution is 9.10. The first kappa shape index (κ1) is 14.4. The van der Waals surface area contributed by atoms with Crippen LogP contribution in [0.3, 0.4) is 0 Å². The van der Waals surface area contributed by atoms with Crippen molar-refractivity contribution in [3.05, 3.63) is 51.6 Å². The molecule has 0 radical (unpaired) electrons. The summed E-state index contributed by atoms with van der Waals surface area (Å²) in [5.41, 5.74) is 1.40. The first-order chi connectivity index (χ1) is 8.86. The zero-order chi connectivity index (χ0) is 14.0. The van der Waals surface area contributed by atoms with E-state index >= 15 is 0 Å². The summed E-state index contributed by atoms with van der Waals surface area (Å²) in [7, 11) is 0. The number of ether oxygens (including phenoxy) is 1. The Hall–Kier alpha value is -1.06. The summed E-state index contributed by atoms with van der Waals surface area (Å²) in [5.74, 6) is 1.26. The molecule has 0 aliphatic rings. The molecule has 0 amide bonds. The van der Waals surface area contributed by atoms with Crippen molar-refractivity contribution in [2.75, 3.05) is 0 Å². The van der Waals surface area contributed by atoms with Gasteiger partial charge in [-0.2, -0.15) is 0 Å². The van der Waals surface area contributed by atoms with E-state index in [4.69, 9.17) is 16.3 Å². The molecular formula is C15H15BrClNO. The van der Waals surface area contributed by atoms with E-state index in [2.05, 4.69) is 53.8 Å². The van der Waals surface area contributed by atoms with E-state index in [9.17, 15) is 0 Å². The van der Waals surface area contributed by atoms with Crippen molar-refractivity contribution in [1.29, 1.82) is 0 Å². The highest BCUT2D eigenvalue weighted by Gasteiger charge is 2.13. The van der Waals surface area contributed by atoms with Crippen molar-refractivity contribution in [1.82, 2.24) is 4.98 Å². The second-order valence-electron chi connectivity index (χ2n) is 5.32. The van der Waals surface area contributed by atoms with E-state index in [1.807, 2.05) is 12.1 Å². The molecule has 1 heterocycles. The van der Waals surface area contributed by atoms with Crippen LogP contribution in [-0.4, -0.2) is 4.98 Å². The van der Waals surface area contributed by atoms with E-state index in [1.165, 1.54) is 5.56 Å². The average molecular weight is 341 g/mol. The van der Waals surface area contributed by atoms with Crippen molar-refractivity contribution in [2.45, 2.75) is 26.2 Å². The van der Waals surface area contributed by atoms with Crippen LogP contribution < -0.4 is 4.74 Å². The summed E-state index contributed by atoms with van der Waals surface area (Å²) in [4.78, 5) is 4.14. The fourth-order valence-electron chi connectivity index (χ4n) is 1.61. The molecular weight excluding hydrogens is 326 g/mol. The van der Waals surface area contributed by atoms with Gasteiger partial charge in [0.15, 0.2) is 0 Å². The predicted octanol–water partition coefficient (Wildman–Crippen LogP) is 5.59. The molecule has 0 saturated carbocycles. The molecule has 100 valence electrons. The van der Waals surface area contributed by atoms with Crippen LogP contribution in [0, 0.1) is 0 Å². The van der Waals surface area contributed by atoms with E-state index < -0.39 is 0 Å². The lowest BCUT2D eigenvalue weighted by Gasteiger charge is -2.19. The first-order valence-corrected chi connectivity index (χ1v) is 7.13. The topological polar surface area (TPSA) is 22.1 Å². The van der Waals surface area contributed by atoms with Gasteiger partial charge < -0.3 is 4.74 Å². The Labute approximate surface area is 126 Å². The van der Waals surface area contributed by atoms with Gasteiger partial charge in [0.2, 0.25) is 5.88 Å². The van der Waals surface area contributed by atoms with Gasteiger partial charge in [-0.15, -0.1) is 0 Å². The van der Waals surface area contributed by atoms with Crippen molar-refractivity contribution in [2.24, 2.45) is 0 Å². The SMILES string of the molecule is CC(C)(C)c1ccc(Oc2ncc(Cl)cc2Br)cc1. The monoisotopic (exact) mass is 339 g/mol. The fourth-order valence-corrected chi connectivity index (χ4v) is 2.33. The van der Waals surface area contributed by atoms with Gasteiger partial charge in [-0.1, -0.05) is 44.5 Å². The van der Waals surface area contributed by atoms with Crippen LogP contribution >= 0.6 is 27.5 Å². The molecule has 1 aromatic carbocycles. The largest absolute Gasteiger partial charge is 0.438 e. The number of nitrogens with zero attached hydrogens (tertiary/aromatic N) is 1. The van der Waals surface area contributed by atoms with Gasteiger partial charge in [0.1, 0.15) is 5.75 Å². The summed E-state index contributed by atoms with van der Waals surface area (Å²) in [6.07, 6.45) is 1.56. The van der Waals surface area contributed by atoms with Gasteiger partial charge in [-0.3, -0.25) is 0 Å². The Morgan fingerprint density at radius 1 is 1.16 bits per heavy atom. The Morgan fingerprint density at radius 3 is 2.32 bits per heavy atom. The Kier molecular flexibility index (Phi) is 4.16. The van der Waals surface area contributed by atoms with Gasteiger partial charge in [0, 0.05) is 6.20 Å². The second-order valence-corrected chi connectivity index (χ2v) is 6.61. The lowest BCUT2D eigenvalue weighted by molar-refractivity contribution is 0.459. The number of pyridine rings is 1. The third kappa shape index (κ3) is 3.71. The van der Waals surface area contributed by atoms with Crippen LogP contribution in [0.1, 0.15) is 26.3 Å². The molecule has 2 rings (SSSR count). The Bertz CT molecular complexity index is 576. The first-order valence-electron chi connectivity index (χ1n) is 5.96. The van der Waals surface area contributed by atoms with Crippen LogP contribution in [0.25, 0.3) is 0 Å². The quantitative estimate of drug-likeness (QED) is 0.711. The Morgan fingerprint density at radius 2 is 1.79 bits per heavy atom. The van der Waals surface area contributed by atoms with Gasteiger partial charge in [0.25, 0.3) is 0 Å². The van der Waals surface area contributed by atoms with Crippen molar-refractivity contribution >= 4 is 27.5 Å². The molecule has 0 spiro atoms. The van der Waals surface area contributed by atoms with Crippen molar-refractivity contribution < 1.29 is 4.74 Å². The van der Waals surface area contributed by atoms with Crippen LogP contribution in [0.4, 0.5) is 0 Å². The van der Waals surface area contributed by atoms with E-state index in [-0.39, 0.29) is 5.41 Å². The highest BCUT2D eigenvalue weighted by atomic mass is 79.9. The molecule has 1 aromatic heterocycles. The summed E-state index contributed by atoms with van der Waals surface area (Å²) < 4.78 is 6.45. The van der Waals surface area contributed by atoms with Crippen LogP contribution in [-0.2, 0) is 5.41 Å². The van der Waals surface area contributed by atoms with E-state index in [0.29, 0.717) is 10.9 Å². The number of hydrogen-bond donors (Lipinski definition) is 0. The molecule has 0 unspecified atom stereocenters. The molecule has 0 aliphatic carbocycles. The van der Waals surface area contributed by atoms with Crippen molar-refractivity contribution in [3.63, 3.8) is 0 Å². The lowest BCUT2D eigenvalue weighted by Crippen LogP contribution is -2.10. The van der Waals surface area contributed by atoms with Gasteiger partial charge in [-0.25, -0.2) is 4.98 Å². The molecule has 2 nitrogen and oxygen atoms in total. The van der Waals surface area contributed by atoms with Gasteiger partial charge >= 0.3 is 0 Å². The summed E-state index contributed by atoms with van der Waals surface area (Å²) in [6, 6.07) is 9.79. The van der Waals surface area contributed by atoms with Gasteiger partial charge in [-0.05, 0) is 45.1 Å². The molecule has 0 bridgehead atoms. The molecule has 4 heteroatoms. The Balaban J connectivity index is 2.20. The van der Waals surface area contributed by atoms with Crippen LogP contribution in [0.2, 0.25) is 5.02 Å².